The van der Waals surface area contributed by atoms with Crippen LogP contribution in [0.1, 0.15) is 23.8 Å². The number of aromatic nitrogens is 2. The predicted octanol–water partition coefficient (Wildman–Crippen LogP) is 1.37. The van der Waals surface area contributed by atoms with Gasteiger partial charge < -0.3 is 10.6 Å². The number of rotatable bonds is 2. The van der Waals surface area contributed by atoms with Crippen molar-refractivity contribution in [1.29, 1.82) is 0 Å². The van der Waals surface area contributed by atoms with Crippen LogP contribution in [0, 0.1) is 5.92 Å². The maximum absolute atomic E-state index is 12.5. The third kappa shape index (κ3) is 2.10. The normalized spacial score (nSPS) is 20.9. The van der Waals surface area contributed by atoms with Crippen LogP contribution in [0.5, 0.6) is 0 Å². The number of likely N-dealkylation sites (tertiary alicyclic amines) is 1. The Kier molecular flexibility index (Phi) is 2.98. The average molecular weight is 258 g/mol. The first-order valence-corrected chi connectivity index (χ1v) is 6.65. The monoisotopic (exact) mass is 258 g/mol. The summed E-state index contributed by atoms with van der Waals surface area (Å²) in [7, 11) is 0. The topological polar surface area (TPSA) is 75.0 Å². The van der Waals surface area contributed by atoms with Gasteiger partial charge in [0.2, 0.25) is 0 Å². The second-order valence-electron chi connectivity index (χ2n) is 5.28. The van der Waals surface area contributed by atoms with E-state index >= 15 is 0 Å². The van der Waals surface area contributed by atoms with Crippen LogP contribution in [0.4, 0.5) is 0 Å². The lowest BCUT2D eigenvalue weighted by Gasteiger charge is -2.17. The zero-order valence-electron chi connectivity index (χ0n) is 11.0. The number of amides is 1. The summed E-state index contributed by atoms with van der Waals surface area (Å²) in [6, 6.07) is 7.83. The number of H-pyrrole nitrogens is 1. The van der Waals surface area contributed by atoms with Crippen molar-refractivity contribution >= 4 is 16.8 Å². The summed E-state index contributed by atoms with van der Waals surface area (Å²) < 4.78 is 0. The standard InChI is InChI=1S/C14H18N4O/c1-9(15)10-6-7-18(8-10)14(19)13-11-4-2-3-5-12(11)16-17-13/h2-5,9-10H,6-8,15H2,1H3,(H,16,17). The van der Waals surface area contributed by atoms with E-state index in [4.69, 9.17) is 5.73 Å². The van der Waals surface area contributed by atoms with E-state index in [-0.39, 0.29) is 11.9 Å². The molecule has 19 heavy (non-hydrogen) atoms. The fourth-order valence-electron chi connectivity index (χ4n) is 2.68. The number of hydrogen-bond acceptors (Lipinski definition) is 3. The summed E-state index contributed by atoms with van der Waals surface area (Å²) in [5.74, 6) is 0.398. The van der Waals surface area contributed by atoms with E-state index in [1.54, 1.807) is 0 Å². The summed E-state index contributed by atoms with van der Waals surface area (Å²) in [5, 5.41) is 7.95. The van der Waals surface area contributed by atoms with E-state index in [0.717, 1.165) is 30.4 Å². The van der Waals surface area contributed by atoms with Gasteiger partial charge in [-0.1, -0.05) is 18.2 Å². The van der Waals surface area contributed by atoms with E-state index in [0.29, 0.717) is 11.6 Å². The molecule has 1 saturated heterocycles. The van der Waals surface area contributed by atoms with Gasteiger partial charge in [0.05, 0.1) is 5.52 Å². The van der Waals surface area contributed by atoms with Crippen molar-refractivity contribution in [3.63, 3.8) is 0 Å². The lowest BCUT2D eigenvalue weighted by atomic mass is 10.0. The van der Waals surface area contributed by atoms with Crippen LogP contribution >= 0.6 is 0 Å². The van der Waals surface area contributed by atoms with E-state index in [1.807, 2.05) is 36.1 Å². The molecule has 2 heterocycles. The Bertz CT molecular complexity index is 604. The first-order chi connectivity index (χ1) is 9.16. The minimum Gasteiger partial charge on any atom is -0.337 e. The average Bonchev–Trinajstić information content (AvgIpc) is 3.05. The Morgan fingerprint density at radius 3 is 3.05 bits per heavy atom. The van der Waals surface area contributed by atoms with Crippen molar-refractivity contribution < 1.29 is 4.79 Å². The molecule has 1 aromatic carbocycles. The van der Waals surface area contributed by atoms with Crippen molar-refractivity contribution in [3.8, 4) is 0 Å². The number of fused-ring (bicyclic) bond motifs is 1. The molecule has 1 aromatic heterocycles. The molecule has 5 heteroatoms. The van der Waals surface area contributed by atoms with Gasteiger partial charge in [0.15, 0.2) is 5.69 Å². The number of nitrogens with two attached hydrogens (primary N) is 1. The zero-order valence-corrected chi connectivity index (χ0v) is 11.0. The van der Waals surface area contributed by atoms with Crippen LogP contribution in [-0.2, 0) is 0 Å². The Morgan fingerprint density at radius 1 is 1.53 bits per heavy atom. The fourth-order valence-corrected chi connectivity index (χ4v) is 2.68. The largest absolute Gasteiger partial charge is 0.337 e. The molecular formula is C14H18N4O. The van der Waals surface area contributed by atoms with Crippen LogP contribution in [-0.4, -0.2) is 40.1 Å². The molecule has 1 aliphatic heterocycles. The maximum atomic E-state index is 12.5. The Hall–Kier alpha value is -1.88. The lowest BCUT2D eigenvalue weighted by Crippen LogP contribution is -2.33. The van der Waals surface area contributed by atoms with Crippen molar-refractivity contribution in [1.82, 2.24) is 15.1 Å². The second-order valence-corrected chi connectivity index (χ2v) is 5.28. The number of para-hydroxylation sites is 1. The summed E-state index contributed by atoms with van der Waals surface area (Å²) in [6.07, 6.45) is 0.978. The molecule has 0 radical (unpaired) electrons. The highest BCUT2D eigenvalue weighted by atomic mass is 16.2. The summed E-state index contributed by atoms with van der Waals surface area (Å²) >= 11 is 0. The molecule has 3 rings (SSSR count). The molecule has 3 N–H and O–H groups in total. The van der Waals surface area contributed by atoms with Crippen molar-refractivity contribution in [3.05, 3.63) is 30.0 Å². The van der Waals surface area contributed by atoms with Gasteiger partial charge in [-0.15, -0.1) is 0 Å². The van der Waals surface area contributed by atoms with Gasteiger partial charge in [0.1, 0.15) is 0 Å². The van der Waals surface area contributed by atoms with E-state index in [1.165, 1.54) is 0 Å². The van der Waals surface area contributed by atoms with Crippen LogP contribution in [0.2, 0.25) is 0 Å². The van der Waals surface area contributed by atoms with Crippen LogP contribution < -0.4 is 5.73 Å². The number of carbonyl (C=O) groups excluding carboxylic acids is 1. The molecule has 1 amide bonds. The van der Waals surface area contributed by atoms with E-state index in [9.17, 15) is 4.79 Å². The molecule has 0 aliphatic carbocycles. The minimum atomic E-state index is 0.000556. The van der Waals surface area contributed by atoms with E-state index in [2.05, 4.69) is 10.2 Å². The molecule has 2 aromatic rings. The number of aromatic amines is 1. The number of nitrogens with one attached hydrogen (secondary N) is 1. The molecule has 100 valence electrons. The highest BCUT2D eigenvalue weighted by molar-refractivity contribution is 6.04. The first kappa shape index (κ1) is 12.2. The Labute approximate surface area is 111 Å². The molecular weight excluding hydrogens is 240 g/mol. The van der Waals surface area contributed by atoms with E-state index < -0.39 is 0 Å². The predicted molar refractivity (Wildman–Crippen MR) is 73.8 cm³/mol. The number of nitrogens with zero attached hydrogens (tertiary/aromatic N) is 2. The van der Waals surface area contributed by atoms with Crippen molar-refractivity contribution in [2.75, 3.05) is 13.1 Å². The van der Waals surface area contributed by atoms with Gasteiger partial charge >= 0.3 is 0 Å². The number of carbonyl (C=O) groups is 1. The van der Waals surface area contributed by atoms with Crippen molar-refractivity contribution in [2.45, 2.75) is 19.4 Å². The zero-order chi connectivity index (χ0) is 13.4. The van der Waals surface area contributed by atoms with Gasteiger partial charge in [0.25, 0.3) is 5.91 Å². The molecule has 0 spiro atoms. The summed E-state index contributed by atoms with van der Waals surface area (Å²) in [5.41, 5.74) is 7.32. The van der Waals surface area contributed by atoms with Crippen LogP contribution in [0.3, 0.4) is 0 Å². The molecule has 1 fully saturated rings. The van der Waals surface area contributed by atoms with Crippen LogP contribution in [0.15, 0.2) is 24.3 Å². The Balaban J connectivity index is 1.85. The highest BCUT2D eigenvalue weighted by Crippen LogP contribution is 2.23. The van der Waals surface area contributed by atoms with Gasteiger partial charge in [-0.05, 0) is 25.3 Å². The SMILES string of the molecule is CC(N)C1CCN(C(=O)c2n[nH]c3ccccc23)C1. The van der Waals surface area contributed by atoms with Gasteiger partial charge in [0, 0.05) is 24.5 Å². The highest BCUT2D eigenvalue weighted by Gasteiger charge is 2.30. The second kappa shape index (κ2) is 4.66. The molecule has 2 unspecified atom stereocenters. The van der Waals surface area contributed by atoms with Gasteiger partial charge in [-0.3, -0.25) is 9.89 Å². The molecule has 5 nitrogen and oxygen atoms in total. The quantitative estimate of drug-likeness (QED) is 0.854. The molecule has 0 bridgehead atoms. The fraction of sp³-hybridized carbons (Fsp3) is 0.429. The number of hydrogen-bond donors (Lipinski definition) is 2. The molecule has 2 atom stereocenters. The van der Waals surface area contributed by atoms with Crippen molar-refractivity contribution in [2.24, 2.45) is 11.7 Å². The third-order valence-electron chi connectivity index (χ3n) is 3.93. The first-order valence-electron chi connectivity index (χ1n) is 6.65. The minimum absolute atomic E-state index is 0.000556. The lowest BCUT2D eigenvalue weighted by molar-refractivity contribution is 0.0782. The summed E-state index contributed by atoms with van der Waals surface area (Å²) in [6.45, 7) is 3.51. The van der Waals surface area contributed by atoms with Gasteiger partial charge in [-0.25, -0.2) is 0 Å². The smallest absolute Gasteiger partial charge is 0.275 e. The summed E-state index contributed by atoms with van der Waals surface area (Å²) in [4.78, 5) is 14.4. The van der Waals surface area contributed by atoms with Crippen LogP contribution in [0.25, 0.3) is 10.9 Å². The molecule has 0 saturated carbocycles. The number of benzene rings is 1. The maximum Gasteiger partial charge on any atom is 0.275 e. The molecule has 1 aliphatic rings. The van der Waals surface area contributed by atoms with Gasteiger partial charge in [-0.2, -0.15) is 5.10 Å². The Morgan fingerprint density at radius 2 is 2.32 bits per heavy atom. The third-order valence-corrected chi connectivity index (χ3v) is 3.93.